The fraction of sp³-hybridized carbons (Fsp3) is 0.300. The van der Waals surface area contributed by atoms with E-state index in [4.69, 9.17) is 0 Å². The molecule has 0 aliphatic rings. The van der Waals surface area contributed by atoms with Gasteiger partial charge < -0.3 is 4.90 Å². The molecule has 1 aromatic rings. The molecule has 0 aromatic heterocycles. The average Bonchev–Trinajstić information content (AvgIpc) is 2.17. The van der Waals surface area contributed by atoms with E-state index in [0.717, 1.165) is 0 Å². The maximum absolute atomic E-state index is 13.1. The minimum atomic E-state index is -0.284. The highest BCUT2D eigenvalue weighted by atomic mass is 32.2. The van der Waals surface area contributed by atoms with Crippen LogP contribution < -0.4 is 0 Å². The molecule has 0 atom stereocenters. The lowest BCUT2D eigenvalue weighted by atomic mass is 10.2. The average molecular weight is 213 g/mol. The molecule has 2 nitrogen and oxygen atoms in total. The Kier molecular flexibility index (Phi) is 3.52. The van der Waals surface area contributed by atoms with Crippen molar-refractivity contribution in [3.8, 4) is 0 Å². The Morgan fingerprint density at radius 2 is 2.07 bits per heavy atom. The standard InChI is InChI=1S/C10H12FNOS/c1-12(2)10(13)7-4-5-8(11)9(6-7)14-3/h4-6H,1-3H3. The summed E-state index contributed by atoms with van der Waals surface area (Å²) in [6, 6.07) is 4.39. The maximum atomic E-state index is 13.1. The van der Waals surface area contributed by atoms with Crippen LogP contribution in [0.3, 0.4) is 0 Å². The number of rotatable bonds is 2. The fourth-order valence-electron chi connectivity index (χ4n) is 1.05. The zero-order valence-corrected chi connectivity index (χ0v) is 9.19. The van der Waals surface area contributed by atoms with Gasteiger partial charge in [-0.25, -0.2) is 4.39 Å². The van der Waals surface area contributed by atoms with E-state index in [1.807, 2.05) is 0 Å². The molecule has 0 spiro atoms. The molecule has 1 rings (SSSR count). The first-order chi connectivity index (χ1) is 6.56. The largest absolute Gasteiger partial charge is 0.345 e. The van der Waals surface area contributed by atoms with E-state index in [1.54, 1.807) is 26.4 Å². The smallest absolute Gasteiger partial charge is 0.253 e. The van der Waals surface area contributed by atoms with Gasteiger partial charge in [0, 0.05) is 24.6 Å². The Balaban J connectivity index is 3.06. The zero-order chi connectivity index (χ0) is 10.7. The van der Waals surface area contributed by atoms with Gasteiger partial charge in [-0.3, -0.25) is 4.79 Å². The number of hydrogen-bond acceptors (Lipinski definition) is 2. The molecular formula is C10H12FNOS. The summed E-state index contributed by atoms with van der Waals surface area (Å²) in [4.78, 5) is 13.5. The lowest BCUT2D eigenvalue weighted by molar-refractivity contribution is 0.0827. The van der Waals surface area contributed by atoms with Crippen LogP contribution in [0, 0.1) is 5.82 Å². The summed E-state index contributed by atoms with van der Waals surface area (Å²) in [7, 11) is 3.34. The van der Waals surface area contributed by atoms with Crippen molar-refractivity contribution in [3.05, 3.63) is 29.6 Å². The predicted molar refractivity (Wildman–Crippen MR) is 56.2 cm³/mol. The molecule has 0 saturated heterocycles. The monoisotopic (exact) mass is 213 g/mol. The van der Waals surface area contributed by atoms with E-state index in [-0.39, 0.29) is 11.7 Å². The Hall–Kier alpha value is -1.03. The van der Waals surface area contributed by atoms with E-state index < -0.39 is 0 Å². The summed E-state index contributed by atoms with van der Waals surface area (Å²) in [5.74, 6) is -0.395. The van der Waals surface area contributed by atoms with Gasteiger partial charge in [0.15, 0.2) is 0 Å². The molecule has 0 N–H and O–H groups in total. The lowest BCUT2D eigenvalue weighted by Gasteiger charge is -2.10. The van der Waals surface area contributed by atoms with Crippen LogP contribution in [0.15, 0.2) is 23.1 Å². The Morgan fingerprint density at radius 3 is 2.57 bits per heavy atom. The van der Waals surface area contributed by atoms with Crippen LogP contribution in [0.5, 0.6) is 0 Å². The van der Waals surface area contributed by atoms with Gasteiger partial charge in [-0.15, -0.1) is 11.8 Å². The van der Waals surface area contributed by atoms with E-state index in [2.05, 4.69) is 0 Å². The molecule has 14 heavy (non-hydrogen) atoms. The molecule has 76 valence electrons. The molecule has 0 saturated carbocycles. The second kappa shape index (κ2) is 4.46. The van der Waals surface area contributed by atoms with Crippen LogP contribution in [0.4, 0.5) is 4.39 Å². The first-order valence-corrected chi connectivity index (χ1v) is 5.34. The SMILES string of the molecule is CSc1cc(C(=O)N(C)C)ccc1F. The van der Waals surface area contributed by atoms with Crippen molar-refractivity contribution in [2.24, 2.45) is 0 Å². The molecule has 1 aromatic carbocycles. The highest BCUT2D eigenvalue weighted by molar-refractivity contribution is 7.98. The summed E-state index contributed by atoms with van der Waals surface area (Å²) in [6.45, 7) is 0. The molecule has 0 fully saturated rings. The minimum absolute atomic E-state index is 0.111. The van der Waals surface area contributed by atoms with Gasteiger partial charge in [-0.2, -0.15) is 0 Å². The second-order valence-corrected chi connectivity index (χ2v) is 3.90. The molecule has 1 amide bonds. The molecule has 0 heterocycles. The Labute approximate surface area is 87.1 Å². The normalized spacial score (nSPS) is 10.0. The highest BCUT2D eigenvalue weighted by Gasteiger charge is 2.10. The van der Waals surface area contributed by atoms with E-state index >= 15 is 0 Å². The summed E-state index contributed by atoms with van der Waals surface area (Å²) in [5.41, 5.74) is 0.515. The fourth-order valence-corrected chi connectivity index (χ4v) is 1.56. The summed E-state index contributed by atoms with van der Waals surface area (Å²) >= 11 is 1.29. The molecule has 0 unspecified atom stereocenters. The Morgan fingerprint density at radius 1 is 1.43 bits per heavy atom. The molecular weight excluding hydrogens is 201 g/mol. The quantitative estimate of drug-likeness (QED) is 0.702. The van der Waals surface area contributed by atoms with Gasteiger partial charge in [-0.05, 0) is 24.5 Å². The topological polar surface area (TPSA) is 20.3 Å². The number of thioether (sulfide) groups is 1. The first-order valence-electron chi connectivity index (χ1n) is 4.11. The first kappa shape index (κ1) is 11.0. The van der Waals surface area contributed by atoms with Crippen LogP contribution in [0.2, 0.25) is 0 Å². The van der Waals surface area contributed by atoms with Gasteiger partial charge in [0.05, 0.1) is 0 Å². The predicted octanol–water partition coefficient (Wildman–Crippen LogP) is 2.25. The van der Waals surface area contributed by atoms with Crippen molar-refractivity contribution in [3.63, 3.8) is 0 Å². The van der Waals surface area contributed by atoms with Gasteiger partial charge >= 0.3 is 0 Å². The van der Waals surface area contributed by atoms with E-state index in [1.165, 1.54) is 28.8 Å². The number of amides is 1. The van der Waals surface area contributed by atoms with Crippen LogP contribution >= 0.6 is 11.8 Å². The molecule has 0 aliphatic carbocycles. The summed E-state index contributed by atoms with van der Waals surface area (Å²) in [5, 5.41) is 0. The van der Waals surface area contributed by atoms with Gasteiger partial charge in [0.1, 0.15) is 5.82 Å². The van der Waals surface area contributed by atoms with Gasteiger partial charge in [0.2, 0.25) is 0 Å². The third-order valence-corrected chi connectivity index (χ3v) is 2.56. The molecule has 0 radical (unpaired) electrons. The lowest BCUT2D eigenvalue weighted by Crippen LogP contribution is -2.21. The number of halogens is 1. The van der Waals surface area contributed by atoms with Crippen molar-refractivity contribution in [1.82, 2.24) is 4.90 Å². The number of nitrogens with zero attached hydrogens (tertiary/aromatic N) is 1. The number of carbonyl (C=O) groups excluding carboxylic acids is 1. The second-order valence-electron chi connectivity index (χ2n) is 3.05. The Bertz CT molecular complexity index is 352. The van der Waals surface area contributed by atoms with Crippen LogP contribution in [0.25, 0.3) is 0 Å². The molecule has 0 bridgehead atoms. The van der Waals surface area contributed by atoms with Crippen molar-refractivity contribution >= 4 is 17.7 Å². The van der Waals surface area contributed by atoms with Crippen LogP contribution in [-0.4, -0.2) is 31.2 Å². The zero-order valence-electron chi connectivity index (χ0n) is 8.37. The third-order valence-electron chi connectivity index (χ3n) is 1.80. The van der Waals surface area contributed by atoms with Gasteiger partial charge in [-0.1, -0.05) is 0 Å². The number of hydrogen-bond donors (Lipinski definition) is 0. The summed E-state index contributed by atoms with van der Waals surface area (Å²) in [6.07, 6.45) is 1.78. The third kappa shape index (κ3) is 2.26. The number of benzene rings is 1. The summed E-state index contributed by atoms with van der Waals surface area (Å²) < 4.78 is 13.1. The van der Waals surface area contributed by atoms with Crippen LogP contribution in [-0.2, 0) is 0 Å². The van der Waals surface area contributed by atoms with Crippen molar-refractivity contribution in [2.75, 3.05) is 20.4 Å². The number of carbonyl (C=O) groups is 1. The maximum Gasteiger partial charge on any atom is 0.253 e. The minimum Gasteiger partial charge on any atom is -0.345 e. The highest BCUT2D eigenvalue weighted by Crippen LogP contribution is 2.20. The van der Waals surface area contributed by atoms with Crippen molar-refractivity contribution in [1.29, 1.82) is 0 Å². The van der Waals surface area contributed by atoms with Gasteiger partial charge in [0.25, 0.3) is 5.91 Å². The molecule has 4 heteroatoms. The van der Waals surface area contributed by atoms with Crippen LogP contribution in [0.1, 0.15) is 10.4 Å². The molecule has 0 aliphatic heterocycles. The van der Waals surface area contributed by atoms with Crippen molar-refractivity contribution < 1.29 is 9.18 Å². The van der Waals surface area contributed by atoms with Crippen molar-refractivity contribution in [2.45, 2.75) is 4.90 Å². The van der Waals surface area contributed by atoms with E-state index in [9.17, 15) is 9.18 Å². The van der Waals surface area contributed by atoms with E-state index in [0.29, 0.717) is 10.5 Å².